The van der Waals surface area contributed by atoms with Crippen LogP contribution in [0.4, 0.5) is 17.1 Å². The minimum atomic E-state index is 0.860. The summed E-state index contributed by atoms with van der Waals surface area (Å²) in [5.74, 6) is 0. The molecule has 0 N–H and O–H groups in total. The summed E-state index contributed by atoms with van der Waals surface area (Å²) in [6.45, 7) is 0. The monoisotopic (exact) mass is 716 g/mol. The quantitative estimate of drug-likeness (QED) is 0.166. The Hall–Kier alpha value is -7.56. The molecule has 0 bridgehead atoms. The summed E-state index contributed by atoms with van der Waals surface area (Å²) in [7, 11) is 0. The Labute approximate surface area is 321 Å². The lowest BCUT2D eigenvalue weighted by molar-refractivity contribution is 0.645. The molecule has 0 aliphatic rings. The van der Waals surface area contributed by atoms with Gasteiger partial charge in [0.25, 0.3) is 0 Å². The lowest BCUT2D eigenvalue weighted by Gasteiger charge is -2.26. The highest BCUT2D eigenvalue weighted by Crippen LogP contribution is 2.44. The van der Waals surface area contributed by atoms with Gasteiger partial charge in [0.05, 0.1) is 16.6 Å². The number of fused-ring (bicyclic) bond motifs is 11. The largest absolute Gasteiger partial charge is 0.454 e. The van der Waals surface area contributed by atoms with Crippen molar-refractivity contribution >= 4 is 93.5 Å². The molecule has 56 heavy (non-hydrogen) atoms. The molecule has 3 aromatic heterocycles. The van der Waals surface area contributed by atoms with Crippen molar-refractivity contribution in [1.29, 1.82) is 0 Å². The summed E-state index contributed by atoms with van der Waals surface area (Å²) >= 11 is 0. The van der Waals surface area contributed by atoms with Crippen molar-refractivity contribution in [3.05, 3.63) is 194 Å². The Balaban J connectivity index is 0.999. The van der Waals surface area contributed by atoms with Gasteiger partial charge >= 0.3 is 0 Å². The van der Waals surface area contributed by atoms with Crippen molar-refractivity contribution in [1.82, 2.24) is 4.57 Å². The molecule has 0 atom stereocenters. The Bertz CT molecular complexity index is 3480. The Kier molecular flexibility index (Phi) is 6.60. The van der Waals surface area contributed by atoms with Crippen molar-refractivity contribution in [2.24, 2.45) is 0 Å². The molecule has 0 saturated heterocycles. The molecule has 0 spiro atoms. The third kappa shape index (κ3) is 4.60. The van der Waals surface area contributed by atoms with E-state index in [-0.39, 0.29) is 0 Å². The lowest BCUT2D eigenvalue weighted by atomic mass is 10.0. The molecule has 0 aliphatic heterocycles. The zero-order valence-corrected chi connectivity index (χ0v) is 30.2. The molecule has 0 radical (unpaired) electrons. The Morgan fingerprint density at radius 1 is 0.393 bits per heavy atom. The lowest BCUT2D eigenvalue weighted by Crippen LogP contribution is -2.10. The highest BCUT2D eigenvalue weighted by molar-refractivity contribution is 6.20. The fourth-order valence-corrected chi connectivity index (χ4v) is 8.78. The van der Waals surface area contributed by atoms with Crippen LogP contribution in [0.25, 0.3) is 93.3 Å². The number of nitrogens with zero attached hydrogens (tertiary/aromatic N) is 2. The predicted molar refractivity (Wildman–Crippen MR) is 233 cm³/mol. The van der Waals surface area contributed by atoms with Crippen LogP contribution < -0.4 is 4.90 Å². The molecule has 12 rings (SSSR count). The van der Waals surface area contributed by atoms with E-state index in [1.54, 1.807) is 0 Å². The van der Waals surface area contributed by atoms with E-state index in [0.29, 0.717) is 0 Å². The van der Waals surface area contributed by atoms with E-state index < -0.39 is 0 Å². The maximum Gasteiger partial charge on any atom is 0.213 e. The zero-order chi connectivity index (χ0) is 36.7. The van der Waals surface area contributed by atoms with Gasteiger partial charge in [0.1, 0.15) is 11.2 Å². The molecular weight excluding hydrogens is 685 g/mol. The number of anilines is 3. The molecule has 4 nitrogen and oxygen atoms in total. The number of hydrogen-bond donors (Lipinski definition) is 0. The molecule has 0 unspecified atom stereocenters. The Morgan fingerprint density at radius 2 is 1.07 bits per heavy atom. The molecule has 12 aromatic rings. The minimum absolute atomic E-state index is 0.860. The van der Waals surface area contributed by atoms with Crippen LogP contribution >= 0.6 is 0 Å². The van der Waals surface area contributed by atoms with E-state index in [0.717, 1.165) is 83.4 Å². The predicted octanol–water partition coefficient (Wildman–Crippen LogP) is 14.9. The van der Waals surface area contributed by atoms with Gasteiger partial charge in [0.2, 0.25) is 5.71 Å². The molecule has 9 aromatic carbocycles. The number of rotatable bonds is 5. The van der Waals surface area contributed by atoms with Gasteiger partial charge in [0.15, 0.2) is 5.58 Å². The van der Waals surface area contributed by atoms with Crippen LogP contribution in [0.2, 0.25) is 0 Å². The van der Waals surface area contributed by atoms with E-state index in [1.807, 2.05) is 18.2 Å². The standard InChI is InChI=1S/C52H32N2O2/c1-2-12-37(13-3-1)54-46-18-8-6-16-44(46)50-45-29-25-35(32-49(45)56-52(50)54)33-23-26-38(27-24-33)53(47-19-10-17-43-42-15-7-9-20-48(42)55-51(43)47)39-28-30-41-36(31-39)22-21-34-11-4-5-14-40(34)41/h1-32H. The van der Waals surface area contributed by atoms with Gasteiger partial charge in [0, 0.05) is 38.6 Å². The molecule has 0 fully saturated rings. The van der Waals surface area contributed by atoms with Gasteiger partial charge in [-0.2, -0.15) is 0 Å². The van der Waals surface area contributed by atoms with E-state index >= 15 is 0 Å². The number of hydrogen-bond acceptors (Lipinski definition) is 3. The Morgan fingerprint density at radius 3 is 1.96 bits per heavy atom. The van der Waals surface area contributed by atoms with Crippen molar-refractivity contribution in [3.8, 4) is 16.8 Å². The van der Waals surface area contributed by atoms with Crippen LogP contribution in [0, 0.1) is 0 Å². The van der Waals surface area contributed by atoms with Gasteiger partial charge < -0.3 is 13.7 Å². The average molecular weight is 717 g/mol. The first-order valence-corrected chi connectivity index (χ1v) is 19.0. The number of aromatic nitrogens is 1. The summed E-state index contributed by atoms with van der Waals surface area (Å²) < 4.78 is 15.6. The fourth-order valence-electron chi connectivity index (χ4n) is 8.78. The van der Waals surface area contributed by atoms with Crippen LogP contribution in [0.3, 0.4) is 0 Å². The maximum absolute atomic E-state index is 6.73. The summed E-state index contributed by atoms with van der Waals surface area (Å²) in [6.07, 6.45) is 0. The first kappa shape index (κ1) is 30.9. The third-order valence-corrected chi connectivity index (χ3v) is 11.4. The zero-order valence-electron chi connectivity index (χ0n) is 30.2. The van der Waals surface area contributed by atoms with Crippen LogP contribution in [0.5, 0.6) is 0 Å². The minimum Gasteiger partial charge on any atom is -0.454 e. The van der Waals surface area contributed by atoms with Gasteiger partial charge in [-0.25, -0.2) is 0 Å². The van der Waals surface area contributed by atoms with Crippen LogP contribution in [0.1, 0.15) is 0 Å². The van der Waals surface area contributed by atoms with E-state index in [2.05, 4.69) is 185 Å². The van der Waals surface area contributed by atoms with Gasteiger partial charge in [-0.3, -0.25) is 4.57 Å². The second-order valence-corrected chi connectivity index (χ2v) is 14.5. The molecular formula is C52H32N2O2. The number of furan rings is 2. The highest BCUT2D eigenvalue weighted by Gasteiger charge is 2.22. The molecule has 0 amide bonds. The molecule has 0 aliphatic carbocycles. The van der Waals surface area contributed by atoms with Gasteiger partial charge in [-0.05, 0) is 99.4 Å². The number of benzene rings is 9. The molecule has 262 valence electrons. The summed E-state index contributed by atoms with van der Waals surface area (Å²) in [4.78, 5) is 2.32. The van der Waals surface area contributed by atoms with E-state index in [4.69, 9.17) is 8.83 Å². The molecule has 4 heteroatoms. The number of para-hydroxylation sites is 4. The van der Waals surface area contributed by atoms with Crippen molar-refractivity contribution < 1.29 is 8.83 Å². The second-order valence-electron chi connectivity index (χ2n) is 14.5. The van der Waals surface area contributed by atoms with Crippen LogP contribution in [0.15, 0.2) is 203 Å². The first-order chi connectivity index (χ1) is 27.8. The third-order valence-electron chi connectivity index (χ3n) is 11.4. The summed E-state index contributed by atoms with van der Waals surface area (Å²) in [5.41, 5.74) is 11.0. The smallest absolute Gasteiger partial charge is 0.213 e. The van der Waals surface area contributed by atoms with Crippen LogP contribution in [-0.4, -0.2) is 4.57 Å². The van der Waals surface area contributed by atoms with Crippen LogP contribution in [-0.2, 0) is 0 Å². The van der Waals surface area contributed by atoms with E-state index in [1.165, 1.54) is 26.9 Å². The average Bonchev–Trinajstić information content (AvgIpc) is 3.93. The van der Waals surface area contributed by atoms with E-state index in [9.17, 15) is 0 Å². The molecule has 3 heterocycles. The van der Waals surface area contributed by atoms with Crippen molar-refractivity contribution in [2.75, 3.05) is 4.90 Å². The SMILES string of the molecule is c1ccc(-n2c3ccccc3c3c4ccc(-c5ccc(N(c6ccc7c(ccc8ccccc87)c6)c6cccc7c6oc6ccccc67)cc5)cc4oc32)cc1. The van der Waals surface area contributed by atoms with Gasteiger partial charge in [-0.15, -0.1) is 0 Å². The van der Waals surface area contributed by atoms with Gasteiger partial charge in [-0.1, -0.05) is 127 Å². The topological polar surface area (TPSA) is 34.5 Å². The fraction of sp³-hybridized carbons (Fsp3) is 0. The first-order valence-electron chi connectivity index (χ1n) is 19.0. The summed E-state index contributed by atoms with van der Waals surface area (Å²) in [5, 5.41) is 10.6. The highest BCUT2D eigenvalue weighted by atomic mass is 16.3. The van der Waals surface area contributed by atoms with Crippen molar-refractivity contribution in [2.45, 2.75) is 0 Å². The maximum atomic E-state index is 6.73. The summed E-state index contributed by atoms with van der Waals surface area (Å²) in [6, 6.07) is 68.9. The normalized spacial score (nSPS) is 11.9. The van der Waals surface area contributed by atoms with Crippen molar-refractivity contribution in [3.63, 3.8) is 0 Å². The second kappa shape index (κ2) is 12.0. The molecule has 0 saturated carbocycles.